The van der Waals surface area contributed by atoms with E-state index in [1.54, 1.807) is 12.3 Å². The van der Waals surface area contributed by atoms with E-state index >= 15 is 0 Å². The summed E-state index contributed by atoms with van der Waals surface area (Å²) in [5.74, 6) is 0. The molecule has 5 nitrogen and oxygen atoms in total. The predicted molar refractivity (Wildman–Crippen MR) is 68.2 cm³/mol. The van der Waals surface area contributed by atoms with Crippen molar-refractivity contribution in [3.63, 3.8) is 0 Å². The summed E-state index contributed by atoms with van der Waals surface area (Å²) in [7, 11) is 0. The molecule has 0 aliphatic carbocycles. The maximum Gasteiger partial charge on any atom is 0.268 e. The molecule has 0 bridgehead atoms. The lowest BCUT2D eigenvalue weighted by Crippen LogP contribution is -2.26. The Morgan fingerprint density at radius 2 is 2.06 bits per heavy atom. The van der Waals surface area contributed by atoms with E-state index in [4.69, 9.17) is 5.73 Å². The van der Waals surface area contributed by atoms with Crippen molar-refractivity contribution in [3.8, 4) is 0 Å². The van der Waals surface area contributed by atoms with Crippen molar-refractivity contribution in [1.82, 2.24) is 9.78 Å². The normalized spacial score (nSPS) is 15.5. The number of anilines is 1. The molecular formula is C12H20N4O. The highest BCUT2D eigenvalue weighted by atomic mass is 16.1. The van der Waals surface area contributed by atoms with Crippen LogP contribution in [0.1, 0.15) is 25.7 Å². The van der Waals surface area contributed by atoms with E-state index < -0.39 is 0 Å². The fourth-order valence-corrected chi connectivity index (χ4v) is 2.15. The summed E-state index contributed by atoms with van der Waals surface area (Å²) in [6.07, 6.45) is 6.06. The molecule has 1 fully saturated rings. The summed E-state index contributed by atoms with van der Waals surface area (Å²) in [5.41, 5.74) is 6.38. The Morgan fingerprint density at radius 1 is 1.29 bits per heavy atom. The first-order valence-electron chi connectivity index (χ1n) is 6.33. The van der Waals surface area contributed by atoms with Crippen molar-refractivity contribution in [2.24, 2.45) is 5.73 Å². The Hall–Kier alpha value is -1.36. The molecule has 0 saturated carbocycles. The summed E-state index contributed by atoms with van der Waals surface area (Å²) >= 11 is 0. The molecule has 1 aromatic rings. The molecule has 2 N–H and O–H groups in total. The number of aryl methyl sites for hydroxylation is 1. The Morgan fingerprint density at radius 3 is 2.71 bits per heavy atom. The van der Waals surface area contributed by atoms with Gasteiger partial charge in [0, 0.05) is 25.7 Å². The zero-order chi connectivity index (χ0) is 12.1. The molecule has 5 heteroatoms. The van der Waals surface area contributed by atoms with Crippen LogP contribution >= 0.6 is 0 Å². The third-order valence-corrected chi connectivity index (χ3v) is 3.15. The highest BCUT2D eigenvalue weighted by molar-refractivity contribution is 5.43. The number of rotatable bonds is 5. The summed E-state index contributed by atoms with van der Waals surface area (Å²) in [6, 6.07) is 1.70. The molecule has 2 rings (SSSR count). The van der Waals surface area contributed by atoms with Crippen LogP contribution in [0.25, 0.3) is 0 Å². The van der Waals surface area contributed by atoms with E-state index in [0.29, 0.717) is 13.1 Å². The lowest BCUT2D eigenvalue weighted by Gasteiger charge is -2.17. The van der Waals surface area contributed by atoms with Crippen molar-refractivity contribution in [3.05, 3.63) is 22.6 Å². The summed E-state index contributed by atoms with van der Waals surface area (Å²) < 4.78 is 1.52. The molecule has 1 saturated heterocycles. The third kappa shape index (κ3) is 3.06. The Balaban J connectivity index is 2.03. The minimum atomic E-state index is -0.00794. The average Bonchev–Trinajstić information content (AvgIpc) is 2.85. The minimum Gasteiger partial charge on any atom is -0.370 e. The van der Waals surface area contributed by atoms with Gasteiger partial charge < -0.3 is 10.6 Å². The van der Waals surface area contributed by atoms with Gasteiger partial charge >= 0.3 is 0 Å². The van der Waals surface area contributed by atoms with Crippen LogP contribution in [-0.2, 0) is 6.54 Å². The second-order valence-electron chi connectivity index (χ2n) is 4.47. The van der Waals surface area contributed by atoms with Gasteiger partial charge in [0.15, 0.2) is 0 Å². The molecule has 0 amide bonds. The Bertz CT molecular complexity index is 409. The summed E-state index contributed by atoms with van der Waals surface area (Å²) in [5, 5.41) is 4.22. The number of nitrogens with two attached hydrogens (primary N) is 1. The standard InChI is InChI=1S/C12H20N4O/c13-5-1-2-8-16-12(17)9-11(10-14-16)15-6-3-4-7-15/h9-10H,1-8,13H2. The fraction of sp³-hybridized carbons (Fsp3) is 0.667. The van der Waals surface area contributed by atoms with Crippen molar-refractivity contribution in [2.75, 3.05) is 24.5 Å². The molecule has 1 aromatic heterocycles. The highest BCUT2D eigenvalue weighted by Crippen LogP contribution is 2.16. The Kier molecular flexibility index (Phi) is 4.14. The van der Waals surface area contributed by atoms with Crippen LogP contribution in [0.15, 0.2) is 17.1 Å². The van der Waals surface area contributed by atoms with E-state index in [1.165, 1.54) is 17.5 Å². The zero-order valence-electron chi connectivity index (χ0n) is 10.1. The maximum atomic E-state index is 11.8. The number of hydrogen-bond acceptors (Lipinski definition) is 4. The molecule has 0 atom stereocenters. The van der Waals surface area contributed by atoms with Crippen LogP contribution < -0.4 is 16.2 Å². The number of aromatic nitrogens is 2. The van der Waals surface area contributed by atoms with Crippen molar-refractivity contribution in [2.45, 2.75) is 32.2 Å². The van der Waals surface area contributed by atoms with Gasteiger partial charge in [0.25, 0.3) is 5.56 Å². The van der Waals surface area contributed by atoms with Crippen molar-refractivity contribution < 1.29 is 0 Å². The number of hydrogen-bond donors (Lipinski definition) is 1. The van der Waals surface area contributed by atoms with Crippen LogP contribution in [0.2, 0.25) is 0 Å². The Labute approximate surface area is 101 Å². The van der Waals surface area contributed by atoms with Gasteiger partial charge in [-0.2, -0.15) is 5.10 Å². The van der Waals surface area contributed by atoms with E-state index in [0.717, 1.165) is 31.6 Å². The monoisotopic (exact) mass is 236 g/mol. The molecule has 17 heavy (non-hydrogen) atoms. The predicted octanol–water partition coefficient (Wildman–Crippen LogP) is 0.582. The molecule has 0 radical (unpaired) electrons. The van der Waals surface area contributed by atoms with Gasteiger partial charge in [-0.15, -0.1) is 0 Å². The average molecular weight is 236 g/mol. The summed E-state index contributed by atoms with van der Waals surface area (Å²) in [6.45, 7) is 3.41. The lowest BCUT2D eigenvalue weighted by atomic mass is 10.3. The number of nitrogens with zero attached hydrogens (tertiary/aromatic N) is 3. The molecule has 1 aliphatic heterocycles. The van der Waals surface area contributed by atoms with E-state index in [9.17, 15) is 4.79 Å². The van der Waals surface area contributed by atoms with Crippen LogP contribution in [-0.4, -0.2) is 29.4 Å². The fourth-order valence-electron chi connectivity index (χ4n) is 2.15. The maximum absolute atomic E-state index is 11.8. The van der Waals surface area contributed by atoms with Gasteiger partial charge in [0.1, 0.15) is 0 Å². The van der Waals surface area contributed by atoms with Gasteiger partial charge in [-0.25, -0.2) is 4.68 Å². The second-order valence-corrected chi connectivity index (χ2v) is 4.47. The van der Waals surface area contributed by atoms with Crippen molar-refractivity contribution >= 4 is 5.69 Å². The van der Waals surface area contributed by atoms with Gasteiger partial charge in [-0.3, -0.25) is 4.79 Å². The van der Waals surface area contributed by atoms with Gasteiger partial charge in [-0.1, -0.05) is 0 Å². The molecule has 1 aliphatic rings. The van der Waals surface area contributed by atoms with E-state index in [2.05, 4.69) is 10.00 Å². The van der Waals surface area contributed by atoms with Crippen LogP contribution in [0.5, 0.6) is 0 Å². The van der Waals surface area contributed by atoms with Gasteiger partial charge in [-0.05, 0) is 32.2 Å². The van der Waals surface area contributed by atoms with E-state index in [-0.39, 0.29) is 5.56 Å². The topological polar surface area (TPSA) is 64.2 Å². The lowest BCUT2D eigenvalue weighted by molar-refractivity contribution is 0.534. The quantitative estimate of drug-likeness (QED) is 0.760. The molecule has 0 unspecified atom stereocenters. The first-order chi connectivity index (χ1) is 8.31. The third-order valence-electron chi connectivity index (χ3n) is 3.15. The molecule has 0 aromatic carbocycles. The van der Waals surface area contributed by atoms with Gasteiger partial charge in [0.2, 0.25) is 0 Å². The zero-order valence-corrected chi connectivity index (χ0v) is 10.1. The highest BCUT2D eigenvalue weighted by Gasteiger charge is 2.13. The largest absolute Gasteiger partial charge is 0.370 e. The number of unbranched alkanes of at least 4 members (excludes halogenated alkanes) is 1. The molecule has 0 spiro atoms. The SMILES string of the molecule is NCCCCn1ncc(N2CCCC2)cc1=O. The molecular weight excluding hydrogens is 216 g/mol. The van der Waals surface area contributed by atoms with E-state index in [1.807, 2.05) is 0 Å². The van der Waals surface area contributed by atoms with Crippen LogP contribution in [0.4, 0.5) is 5.69 Å². The summed E-state index contributed by atoms with van der Waals surface area (Å²) in [4.78, 5) is 14.1. The molecule has 2 heterocycles. The first kappa shape index (κ1) is 12.1. The smallest absolute Gasteiger partial charge is 0.268 e. The van der Waals surface area contributed by atoms with Crippen LogP contribution in [0, 0.1) is 0 Å². The van der Waals surface area contributed by atoms with Crippen LogP contribution in [0.3, 0.4) is 0 Å². The minimum absolute atomic E-state index is 0.00794. The second kappa shape index (κ2) is 5.82. The van der Waals surface area contributed by atoms with Crippen molar-refractivity contribution in [1.29, 1.82) is 0 Å². The molecule has 94 valence electrons. The first-order valence-corrected chi connectivity index (χ1v) is 6.33. The van der Waals surface area contributed by atoms with Gasteiger partial charge in [0.05, 0.1) is 11.9 Å².